The number of hydrogen-bond acceptors (Lipinski definition) is 1. The standard InChI is InChI=1S/C43H83N/c1-6-8-9-10-11-12-13-14-15-16-17-18-19-20-21-26-35-44-36-27-24-29-39-30-31-40-37(3)41(32-34-43(39,40)5)42(4)33-25-22-23-28-38(42)7-2/h37-41,44H,6-36H2,1-5H3/t37?,38?,39-,40?,41?,42-,43+/m0/s1. The highest BCUT2D eigenvalue weighted by Gasteiger charge is 2.56. The van der Waals surface area contributed by atoms with Crippen LogP contribution in [0.3, 0.4) is 0 Å². The molecule has 0 aliphatic heterocycles. The molecule has 0 aromatic rings. The van der Waals surface area contributed by atoms with E-state index < -0.39 is 0 Å². The van der Waals surface area contributed by atoms with Crippen LogP contribution in [0.1, 0.15) is 221 Å². The maximum absolute atomic E-state index is 3.79. The van der Waals surface area contributed by atoms with Crippen LogP contribution in [0.25, 0.3) is 0 Å². The first-order chi connectivity index (χ1) is 21.5. The van der Waals surface area contributed by atoms with Crippen LogP contribution < -0.4 is 5.32 Å². The summed E-state index contributed by atoms with van der Waals surface area (Å²) in [7, 11) is 0. The highest BCUT2D eigenvalue weighted by atomic mass is 14.8. The Balaban J connectivity index is 1.16. The Bertz CT molecular complexity index is 701. The first kappa shape index (κ1) is 38.4. The molecule has 1 heteroatoms. The summed E-state index contributed by atoms with van der Waals surface area (Å²) in [4.78, 5) is 0. The zero-order chi connectivity index (χ0) is 31.5. The van der Waals surface area contributed by atoms with Crippen molar-refractivity contribution in [2.24, 2.45) is 40.4 Å². The van der Waals surface area contributed by atoms with Gasteiger partial charge in [0.2, 0.25) is 0 Å². The normalized spacial score (nSPS) is 32.5. The summed E-state index contributed by atoms with van der Waals surface area (Å²) in [5.74, 6) is 4.90. The third kappa shape index (κ3) is 11.9. The molecule has 1 nitrogen and oxygen atoms in total. The third-order valence-corrected chi connectivity index (χ3v) is 14.3. The Morgan fingerprint density at radius 1 is 0.500 bits per heavy atom. The molecule has 260 valence electrons. The molecule has 44 heavy (non-hydrogen) atoms. The Kier molecular flexibility index (Phi) is 19.0. The summed E-state index contributed by atoms with van der Waals surface area (Å²) in [5, 5.41) is 3.79. The van der Waals surface area contributed by atoms with E-state index in [4.69, 9.17) is 0 Å². The predicted octanol–water partition coefficient (Wildman–Crippen LogP) is 14.1. The molecule has 0 aromatic carbocycles. The van der Waals surface area contributed by atoms with Gasteiger partial charge in [-0.2, -0.15) is 0 Å². The van der Waals surface area contributed by atoms with E-state index in [0.717, 1.165) is 29.6 Å². The Hall–Kier alpha value is -0.0400. The van der Waals surface area contributed by atoms with E-state index in [-0.39, 0.29) is 0 Å². The fraction of sp³-hybridized carbons (Fsp3) is 1.00. The molecule has 0 spiro atoms. The summed E-state index contributed by atoms with van der Waals surface area (Å²) in [6.45, 7) is 15.5. The van der Waals surface area contributed by atoms with Crippen molar-refractivity contribution in [3.05, 3.63) is 0 Å². The Labute approximate surface area is 279 Å². The number of rotatable bonds is 24. The molecule has 3 fully saturated rings. The van der Waals surface area contributed by atoms with Crippen LogP contribution in [0.5, 0.6) is 0 Å². The maximum Gasteiger partial charge on any atom is -0.00489 e. The van der Waals surface area contributed by atoms with E-state index in [9.17, 15) is 0 Å². The summed E-state index contributed by atoms with van der Waals surface area (Å²) >= 11 is 0. The average molecular weight is 614 g/mol. The SMILES string of the molecule is CCCCCCCCCCCCCCCCCCNCCCC[C@H]1CCC2C(C)C([C@@]3(C)CCCCCC3CC)CC[C@@]21C. The molecule has 3 aliphatic carbocycles. The van der Waals surface area contributed by atoms with E-state index in [1.165, 1.54) is 199 Å². The molecule has 3 saturated carbocycles. The van der Waals surface area contributed by atoms with Gasteiger partial charge in [-0.1, -0.05) is 163 Å². The van der Waals surface area contributed by atoms with Crippen molar-refractivity contribution in [3.8, 4) is 0 Å². The second-order valence-corrected chi connectivity index (χ2v) is 17.2. The van der Waals surface area contributed by atoms with Gasteiger partial charge >= 0.3 is 0 Å². The lowest BCUT2D eigenvalue weighted by molar-refractivity contribution is -0.0592. The quantitative estimate of drug-likeness (QED) is 0.0843. The number of unbranched alkanes of at least 4 members (excludes halogenated alkanes) is 16. The van der Waals surface area contributed by atoms with Gasteiger partial charge in [-0.15, -0.1) is 0 Å². The summed E-state index contributed by atoms with van der Waals surface area (Å²) in [6, 6.07) is 0. The molecule has 0 saturated heterocycles. The molecular weight excluding hydrogens is 530 g/mol. The minimum atomic E-state index is 0.613. The number of hydrogen-bond donors (Lipinski definition) is 1. The molecule has 0 bridgehead atoms. The van der Waals surface area contributed by atoms with Crippen molar-refractivity contribution in [2.45, 2.75) is 221 Å². The minimum absolute atomic E-state index is 0.613. The third-order valence-electron chi connectivity index (χ3n) is 14.3. The first-order valence-corrected chi connectivity index (χ1v) is 21.2. The summed E-state index contributed by atoms with van der Waals surface area (Å²) in [6.07, 6.45) is 42.7. The van der Waals surface area contributed by atoms with Gasteiger partial charge in [0.05, 0.1) is 0 Å². The molecule has 0 amide bonds. The van der Waals surface area contributed by atoms with Crippen LogP contribution >= 0.6 is 0 Å². The lowest BCUT2D eigenvalue weighted by Gasteiger charge is -2.55. The molecule has 4 unspecified atom stereocenters. The number of fused-ring (bicyclic) bond motifs is 1. The lowest BCUT2D eigenvalue weighted by atomic mass is 9.50. The lowest BCUT2D eigenvalue weighted by Crippen LogP contribution is -2.47. The maximum atomic E-state index is 3.79. The molecule has 3 rings (SSSR count). The van der Waals surface area contributed by atoms with Gasteiger partial charge in [0, 0.05) is 0 Å². The largest absolute Gasteiger partial charge is 0.317 e. The van der Waals surface area contributed by atoms with Gasteiger partial charge in [0.25, 0.3) is 0 Å². The summed E-state index contributed by atoms with van der Waals surface area (Å²) in [5.41, 5.74) is 1.25. The van der Waals surface area contributed by atoms with E-state index in [2.05, 4.69) is 39.9 Å². The van der Waals surface area contributed by atoms with Gasteiger partial charge in [-0.25, -0.2) is 0 Å². The average Bonchev–Trinajstić information content (AvgIpc) is 3.23. The smallest absolute Gasteiger partial charge is 0.00489 e. The van der Waals surface area contributed by atoms with Gasteiger partial charge in [0.15, 0.2) is 0 Å². The van der Waals surface area contributed by atoms with Crippen molar-refractivity contribution in [3.63, 3.8) is 0 Å². The fourth-order valence-corrected chi connectivity index (χ4v) is 11.3. The van der Waals surface area contributed by atoms with Crippen LogP contribution in [0.2, 0.25) is 0 Å². The van der Waals surface area contributed by atoms with Gasteiger partial charge in [-0.05, 0) is 111 Å². The molecular formula is C43H83N. The van der Waals surface area contributed by atoms with Crippen LogP contribution in [0, 0.1) is 40.4 Å². The topological polar surface area (TPSA) is 12.0 Å². The predicted molar refractivity (Wildman–Crippen MR) is 197 cm³/mol. The van der Waals surface area contributed by atoms with Crippen molar-refractivity contribution in [2.75, 3.05) is 13.1 Å². The number of nitrogens with one attached hydrogen (secondary N) is 1. The van der Waals surface area contributed by atoms with Crippen LogP contribution in [-0.2, 0) is 0 Å². The highest BCUT2D eigenvalue weighted by Crippen LogP contribution is 2.64. The second-order valence-electron chi connectivity index (χ2n) is 17.2. The van der Waals surface area contributed by atoms with E-state index in [0.29, 0.717) is 10.8 Å². The van der Waals surface area contributed by atoms with Gasteiger partial charge in [0.1, 0.15) is 0 Å². The monoisotopic (exact) mass is 614 g/mol. The van der Waals surface area contributed by atoms with Crippen molar-refractivity contribution in [1.29, 1.82) is 0 Å². The molecule has 0 radical (unpaired) electrons. The fourth-order valence-electron chi connectivity index (χ4n) is 11.3. The van der Waals surface area contributed by atoms with Crippen LogP contribution in [0.15, 0.2) is 0 Å². The zero-order valence-corrected chi connectivity index (χ0v) is 31.3. The summed E-state index contributed by atoms with van der Waals surface area (Å²) < 4.78 is 0. The van der Waals surface area contributed by atoms with Crippen LogP contribution in [-0.4, -0.2) is 13.1 Å². The molecule has 3 aliphatic rings. The van der Waals surface area contributed by atoms with Gasteiger partial charge in [-0.3, -0.25) is 0 Å². The highest BCUT2D eigenvalue weighted by molar-refractivity contribution is 5.05. The van der Waals surface area contributed by atoms with E-state index in [1.54, 1.807) is 0 Å². The van der Waals surface area contributed by atoms with Crippen molar-refractivity contribution in [1.82, 2.24) is 5.32 Å². The first-order valence-electron chi connectivity index (χ1n) is 21.2. The second kappa shape index (κ2) is 21.8. The molecule has 0 heterocycles. The van der Waals surface area contributed by atoms with E-state index in [1.807, 2.05) is 0 Å². The minimum Gasteiger partial charge on any atom is -0.317 e. The van der Waals surface area contributed by atoms with Crippen LogP contribution in [0.4, 0.5) is 0 Å². The molecule has 1 N–H and O–H groups in total. The zero-order valence-electron chi connectivity index (χ0n) is 31.3. The molecule has 0 aromatic heterocycles. The van der Waals surface area contributed by atoms with Crippen molar-refractivity contribution < 1.29 is 0 Å². The Morgan fingerprint density at radius 2 is 1.02 bits per heavy atom. The van der Waals surface area contributed by atoms with Crippen molar-refractivity contribution >= 4 is 0 Å². The van der Waals surface area contributed by atoms with Gasteiger partial charge < -0.3 is 5.32 Å². The molecule has 7 atom stereocenters. The Morgan fingerprint density at radius 3 is 1.61 bits per heavy atom. The van der Waals surface area contributed by atoms with E-state index >= 15 is 0 Å².